The van der Waals surface area contributed by atoms with E-state index in [0.29, 0.717) is 6.54 Å². The summed E-state index contributed by atoms with van der Waals surface area (Å²) in [5, 5.41) is 2.43. The van der Waals surface area contributed by atoms with E-state index in [1.807, 2.05) is 12.1 Å². The van der Waals surface area contributed by atoms with E-state index in [1.54, 1.807) is 37.6 Å². The largest absolute Gasteiger partial charge is 0.497 e. The van der Waals surface area contributed by atoms with E-state index in [4.69, 9.17) is 4.74 Å². The van der Waals surface area contributed by atoms with E-state index in [1.165, 1.54) is 28.8 Å². The second kappa shape index (κ2) is 7.65. The molecule has 1 heterocycles. The molecule has 2 aromatic carbocycles. The Hall–Kier alpha value is -3.41. The molecule has 0 aliphatic heterocycles. The molecule has 0 aliphatic carbocycles. The fourth-order valence-corrected chi connectivity index (χ4v) is 2.51. The van der Waals surface area contributed by atoms with Crippen molar-refractivity contribution in [3.8, 4) is 5.75 Å². The third kappa shape index (κ3) is 3.80. The zero-order chi connectivity index (χ0) is 18.5. The van der Waals surface area contributed by atoms with Crippen LogP contribution in [-0.4, -0.2) is 17.6 Å². The van der Waals surface area contributed by atoms with Gasteiger partial charge in [-0.05, 0) is 42.0 Å². The molecule has 0 aliphatic rings. The van der Waals surface area contributed by atoms with Crippen LogP contribution in [-0.2, 0) is 6.54 Å². The van der Waals surface area contributed by atoms with Gasteiger partial charge in [0.2, 0.25) is 0 Å². The molecule has 0 saturated carbocycles. The minimum absolute atomic E-state index is 0.0301. The maximum atomic E-state index is 13.7. The van der Waals surface area contributed by atoms with Crippen LogP contribution in [0.5, 0.6) is 5.75 Å². The van der Waals surface area contributed by atoms with Gasteiger partial charge in [0.1, 0.15) is 17.1 Å². The highest BCUT2D eigenvalue weighted by molar-refractivity contribution is 6.04. The summed E-state index contributed by atoms with van der Waals surface area (Å²) in [7, 11) is 1.58. The van der Waals surface area contributed by atoms with Crippen molar-refractivity contribution in [2.75, 3.05) is 12.4 Å². The van der Waals surface area contributed by atoms with E-state index in [9.17, 15) is 14.0 Å². The number of hydrogen-bond acceptors (Lipinski definition) is 3. The first kappa shape index (κ1) is 17.4. The van der Waals surface area contributed by atoms with Crippen molar-refractivity contribution in [3.63, 3.8) is 0 Å². The van der Waals surface area contributed by atoms with Crippen molar-refractivity contribution in [1.29, 1.82) is 0 Å². The van der Waals surface area contributed by atoms with E-state index >= 15 is 0 Å². The molecule has 3 rings (SSSR count). The molecular weight excluding hydrogens is 335 g/mol. The molecule has 26 heavy (non-hydrogen) atoms. The molecule has 1 aromatic heterocycles. The fourth-order valence-electron chi connectivity index (χ4n) is 2.51. The summed E-state index contributed by atoms with van der Waals surface area (Å²) in [5.74, 6) is -0.487. The maximum Gasteiger partial charge on any atom is 0.263 e. The third-order valence-corrected chi connectivity index (χ3v) is 3.90. The highest BCUT2D eigenvalue weighted by Gasteiger charge is 2.14. The first-order valence-electron chi connectivity index (χ1n) is 7.97. The lowest BCUT2D eigenvalue weighted by Gasteiger charge is -2.10. The van der Waals surface area contributed by atoms with Crippen LogP contribution in [0, 0.1) is 5.82 Å². The Morgan fingerprint density at radius 1 is 1.08 bits per heavy atom. The van der Waals surface area contributed by atoms with Crippen LogP contribution in [0.1, 0.15) is 15.9 Å². The minimum atomic E-state index is -0.649. The summed E-state index contributed by atoms with van der Waals surface area (Å²) in [6.45, 7) is 0.309. The number of carbonyl (C=O) groups excluding carboxylic acids is 1. The van der Waals surface area contributed by atoms with Gasteiger partial charge in [-0.1, -0.05) is 24.3 Å². The topological polar surface area (TPSA) is 60.3 Å². The molecule has 0 fully saturated rings. The molecule has 0 atom stereocenters. The number of methoxy groups -OCH3 is 1. The van der Waals surface area contributed by atoms with Gasteiger partial charge >= 0.3 is 0 Å². The predicted octanol–water partition coefficient (Wildman–Crippen LogP) is 3.30. The average Bonchev–Trinajstić information content (AvgIpc) is 2.66. The number of ether oxygens (including phenoxy) is 1. The number of halogens is 1. The summed E-state index contributed by atoms with van der Waals surface area (Å²) in [4.78, 5) is 25.0. The van der Waals surface area contributed by atoms with E-state index in [-0.39, 0.29) is 11.3 Å². The van der Waals surface area contributed by atoms with Crippen molar-refractivity contribution in [3.05, 3.63) is 94.2 Å². The number of benzene rings is 2. The Morgan fingerprint density at radius 3 is 2.50 bits per heavy atom. The third-order valence-electron chi connectivity index (χ3n) is 3.90. The van der Waals surface area contributed by atoms with Gasteiger partial charge in [0.25, 0.3) is 11.5 Å². The van der Waals surface area contributed by atoms with Gasteiger partial charge < -0.3 is 14.6 Å². The van der Waals surface area contributed by atoms with E-state index in [2.05, 4.69) is 5.32 Å². The second-order valence-electron chi connectivity index (χ2n) is 5.64. The molecule has 5 nitrogen and oxygen atoms in total. The van der Waals surface area contributed by atoms with Gasteiger partial charge in [-0.15, -0.1) is 0 Å². The molecule has 0 spiro atoms. The number of anilines is 1. The monoisotopic (exact) mass is 352 g/mol. The van der Waals surface area contributed by atoms with Crippen LogP contribution in [0.25, 0.3) is 0 Å². The fraction of sp³-hybridized carbons (Fsp3) is 0.100. The summed E-state index contributed by atoms with van der Waals surface area (Å²) in [6.07, 6.45) is 1.60. The van der Waals surface area contributed by atoms with Crippen molar-refractivity contribution in [1.82, 2.24) is 4.57 Å². The highest BCUT2D eigenvalue weighted by atomic mass is 19.1. The van der Waals surface area contributed by atoms with Gasteiger partial charge in [0.05, 0.1) is 19.3 Å². The Labute approximate surface area is 149 Å². The summed E-state index contributed by atoms with van der Waals surface area (Å²) < 4.78 is 20.2. The van der Waals surface area contributed by atoms with Gasteiger partial charge in [-0.2, -0.15) is 0 Å². The van der Waals surface area contributed by atoms with Crippen LogP contribution < -0.4 is 15.6 Å². The number of pyridine rings is 1. The quantitative estimate of drug-likeness (QED) is 0.766. The van der Waals surface area contributed by atoms with Crippen LogP contribution in [0.15, 0.2) is 71.7 Å². The lowest BCUT2D eigenvalue weighted by molar-refractivity contribution is 0.102. The number of para-hydroxylation sites is 1. The minimum Gasteiger partial charge on any atom is -0.497 e. The molecule has 1 amide bonds. The van der Waals surface area contributed by atoms with Crippen LogP contribution in [0.3, 0.4) is 0 Å². The van der Waals surface area contributed by atoms with Crippen LogP contribution in [0.4, 0.5) is 10.1 Å². The SMILES string of the molecule is COc1ccc(Cn2cccc(C(=O)Nc3ccccc3F)c2=O)cc1. The molecule has 1 N–H and O–H groups in total. The normalized spacial score (nSPS) is 10.4. The number of amides is 1. The van der Waals surface area contributed by atoms with Gasteiger partial charge in [-0.25, -0.2) is 4.39 Å². The second-order valence-corrected chi connectivity index (χ2v) is 5.64. The number of nitrogens with one attached hydrogen (secondary N) is 1. The Kier molecular flexibility index (Phi) is 5.12. The van der Waals surface area contributed by atoms with Crippen LogP contribution >= 0.6 is 0 Å². The number of aromatic nitrogens is 1. The zero-order valence-electron chi connectivity index (χ0n) is 14.1. The van der Waals surface area contributed by atoms with Crippen molar-refractivity contribution in [2.24, 2.45) is 0 Å². The summed E-state index contributed by atoms with van der Waals surface area (Å²) in [6, 6.07) is 16.1. The summed E-state index contributed by atoms with van der Waals surface area (Å²) >= 11 is 0. The van der Waals surface area contributed by atoms with Gasteiger partial charge in [0.15, 0.2) is 0 Å². The van der Waals surface area contributed by atoms with Gasteiger partial charge in [-0.3, -0.25) is 9.59 Å². The molecule has 132 valence electrons. The maximum absolute atomic E-state index is 13.7. The van der Waals surface area contributed by atoms with Crippen molar-refractivity contribution in [2.45, 2.75) is 6.54 Å². The summed E-state index contributed by atoms with van der Waals surface area (Å²) in [5.41, 5.74) is 0.420. The smallest absolute Gasteiger partial charge is 0.263 e. The first-order valence-corrected chi connectivity index (χ1v) is 7.97. The Morgan fingerprint density at radius 2 is 1.81 bits per heavy atom. The average molecular weight is 352 g/mol. The van der Waals surface area contributed by atoms with Gasteiger partial charge in [0, 0.05) is 6.20 Å². The number of nitrogens with zero attached hydrogens (tertiary/aromatic N) is 1. The standard InChI is InChI=1S/C20H17FN2O3/c1-26-15-10-8-14(9-11-15)13-23-12-4-5-16(20(23)25)19(24)22-18-7-3-2-6-17(18)21/h2-12H,13H2,1H3,(H,22,24). The number of hydrogen-bond donors (Lipinski definition) is 1. The first-order chi connectivity index (χ1) is 12.6. The Balaban J connectivity index is 1.83. The highest BCUT2D eigenvalue weighted by Crippen LogP contribution is 2.14. The molecule has 0 bridgehead atoms. The van der Waals surface area contributed by atoms with Crippen molar-refractivity contribution < 1.29 is 13.9 Å². The number of carbonyl (C=O) groups is 1. The molecule has 0 unspecified atom stereocenters. The van der Waals surface area contributed by atoms with E-state index in [0.717, 1.165) is 11.3 Å². The Bertz CT molecular complexity index is 981. The lowest BCUT2D eigenvalue weighted by atomic mass is 10.2. The van der Waals surface area contributed by atoms with E-state index < -0.39 is 17.3 Å². The molecule has 0 radical (unpaired) electrons. The lowest BCUT2D eigenvalue weighted by Crippen LogP contribution is -2.29. The molecular formula is C20H17FN2O3. The molecule has 0 saturated heterocycles. The van der Waals surface area contributed by atoms with Crippen molar-refractivity contribution >= 4 is 11.6 Å². The molecule has 3 aromatic rings. The molecule has 6 heteroatoms. The number of rotatable bonds is 5. The predicted molar refractivity (Wildman–Crippen MR) is 97.2 cm³/mol. The van der Waals surface area contributed by atoms with Crippen LogP contribution in [0.2, 0.25) is 0 Å². The zero-order valence-corrected chi connectivity index (χ0v) is 14.1.